The standard InChI is InChI=1S/C25H26F2N6O/c1-4-33(23(34)19-11-30-20(28)12-29-19)13-25-9-8-15(24(25,2)3)14-10-18(31-32-22(14)25)21-16(26)6-5-7-17(21)27/h5-7,10-12,15H,4,8-9,13H2,1-3H3,(H2,28,30)/t15-,25-/m0/s1. The van der Waals surface area contributed by atoms with Crippen molar-refractivity contribution in [2.75, 3.05) is 18.8 Å². The van der Waals surface area contributed by atoms with Crippen molar-refractivity contribution in [3.05, 3.63) is 65.2 Å². The summed E-state index contributed by atoms with van der Waals surface area (Å²) in [6, 6.07) is 5.54. The lowest BCUT2D eigenvalue weighted by Crippen LogP contribution is -2.48. The highest BCUT2D eigenvalue weighted by Crippen LogP contribution is 2.67. The molecule has 0 saturated heterocycles. The van der Waals surface area contributed by atoms with Crippen molar-refractivity contribution < 1.29 is 13.6 Å². The van der Waals surface area contributed by atoms with E-state index in [1.54, 1.807) is 11.0 Å². The SMILES string of the molecule is CCN(C[C@@]12CC[C@@H](c3cc(-c4c(F)cccc4F)nnc31)C2(C)C)C(=O)c1cnc(N)cn1. The van der Waals surface area contributed by atoms with E-state index >= 15 is 0 Å². The maximum atomic E-state index is 14.4. The van der Waals surface area contributed by atoms with Crippen molar-refractivity contribution in [2.45, 2.75) is 44.9 Å². The van der Waals surface area contributed by atoms with Crippen molar-refractivity contribution in [3.8, 4) is 11.3 Å². The van der Waals surface area contributed by atoms with E-state index in [4.69, 9.17) is 5.73 Å². The number of hydrogen-bond donors (Lipinski definition) is 1. The Morgan fingerprint density at radius 1 is 1.18 bits per heavy atom. The Balaban J connectivity index is 1.55. The Kier molecular flexibility index (Phi) is 5.11. The second kappa shape index (κ2) is 7.78. The van der Waals surface area contributed by atoms with E-state index in [1.165, 1.54) is 30.6 Å². The molecule has 3 aromatic rings. The van der Waals surface area contributed by atoms with Crippen LogP contribution in [0.1, 0.15) is 61.3 Å². The summed E-state index contributed by atoms with van der Waals surface area (Å²) in [4.78, 5) is 23.1. The quantitative estimate of drug-likeness (QED) is 0.610. The number of halogens is 2. The van der Waals surface area contributed by atoms with E-state index in [1.807, 2.05) is 6.92 Å². The molecular formula is C25H26F2N6O. The summed E-state index contributed by atoms with van der Waals surface area (Å²) in [5, 5.41) is 8.78. The number of nitrogens with zero attached hydrogens (tertiary/aromatic N) is 5. The van der Waals surface area contributed by atoms with Crippen LogP contribution < -0.4 is 5.73 Å². The molecule has 7 nitrogen and oxygen atoms in total. The molecule has 0 radical (unpaired) electrons. The number of fused-ring (bicyclic) bond motifs is 5. The van der Waals surface area contributed by atoms with Gasteiger partial charge in [0.15, 0.2) is 0 Å². The molecule has 2 heterocycles. The molecule has 2 aliphatic carbocycles. The second-order valence-corrected chi connectivity index (χ2v) is 9.67. The number of amides is 1. The van der Waals surface area contributed by atoms with Crippen molar-refractivity contribution in [1.29, 1.82) is 0 Å². The lowest BCUT2D eigenvalue weighted by molar-refractivity contribution is 0.0646. The Labute approximate surface area is 196 Å². The van der Waals surface area contributed by atoms with Gasteiger partial charge in [-0.3, -0.25) is 4.79 Å². The number of carbonyl (C=O) groups excluding carboxylic acids is 1. The Morgan fingerprint density at radius 2 is 1.91 bits per heavy atom. The third-order valence-corrected chi connectivity index (χ3v) is 7.86. The highest BCUT2D eigenvalue weighted by atomic mass is 19.1. The Morgan fingerprint density at radius 3 is 2.56 bits per heavy atom. The van der Waals surface area contributed by atoms with Gasteiger partial charge in [0.25, 0.3) is 5.91 Å². The fraction of sp³-hybridized carbons (Fsp3) is 0.400. The average molecular weight is 465 g/mol. The number of rotatable bonds is 5. The molecule has 9 heteroatoms. The molecule has 0 spiro atoms. The molecule has 1 fully saturated rings. The van der Waals surface area contributed by atoms with E-state index in [0.717, 1.165) is 24.1 Å². The van der Waals surface area contributed by atoms with Crippen molar-refractivity contribution in [2.24, 2.45) is 5.41 Å². The van der Waals surface area contributed by atoms with Gasteiger partial charge in [-0.2, -0.15) is 10.2 Å². The van der Waals surface area contributed by atoms with Crippen LogP contribution in [-0.2, 0) is 5.41 Å². The smallest absolute Gasteiger partial charge is 0.274 e. The van der Waals surface area contributed by atoms with Crippen LogP contribution in [-0.4, -0.2) is 44.1 Å². The van der Waals surface area contributed by atoms with Crippen LogP contribution in [0.15, 0.2) is 36.7 Å². The first-order chi connectivity index (χ1) is 16.2. The van der Waals surface area contributed by atoms with Gasteiger partial charge in [-0.15, -0.1) is 0 Å². The van der Waals surface area contributed by atoms with Crippen LogP contribution in [0.5, 0.6) is 0 Å². The van der Waals surface area contributed by atoms with E-state index < -0.39 is 17.0 Å². The van der Waals surface area contributed by atoms with Gasteiger partial charge in [0.1, 0.15) is 23.1 Å². The summed E-state index contributed by atoms with van der Waals surface area (Å²) >= 11 is 0. The molecule has 2 atom stereocenters. The predicted octanol–water partition coefficient (Wildman–Crippen LogP) is 4.11. The number of likely N-dealkylation sites (N-methyl/N-ethyl adjacent to an activating group) is 1. The molecule has 1 amide bonds. The molecule has 2 aromatic heterocycles. The van der Waals surface area contributed by atoms with Gasteiger partial charge in [0.2, 0.25) is 0 Å². The molecule has 1 saturated carbocycles. The van der Waals surface area contributed by atoms with E-state index in [-0.39, 0.29) is 40.0 Å². The number of hydrogen-bond acceptors (Lipinski definition) is 6. The third-order valence-electron chi connectivity index (χ3n) is 7.86. The first kappa shape index (κ1) is 22.3. The van der Waals surface area contributed by atoms with Crippen LogP contribution in [0.2, 0.25) is 0 Å². The predicted molar refractivity (Wildman–Crippen MR) is 123 cm³/mol. The maximum Gasteiger partial charge on any atom is 0.274 e. The summed E-state index contributed by atoms with van der Waals surface area (Å²) in [5.74, 6) is -1.16. The molecular weight excluding hydrogens is 438 g/mol. The highest BCUT2D eigenvalue weighted by Gasteiger charge is 2.64. The van der Waals surface area contributed by atoms with Gasteiger partial charge >= 0.3 is 0 Å². The summed E-state index contributed by atoms with van der Waals surface area (Å²) in [6.07, 6.45) is 4.50. The molecule has 34 heavy (non-hydrogen) atoms. The fourth-order valence-electron chi connectivity index (χ4n) is 5.90. The van der Waals surface area contributed by atoms with Crippen molar-refractivity contribution in [1.82, 2.24) is 25.1 Å². The molecule has 176 valence electrons. The first-order valence-corrected chi connectivity index (χ1v) is 11.4. The molecule has 2 bridgehead atoms. The van der Waals surface area contributed by atoms with E-state index in [0.29, 0.717) is 13.1 Å². The normalized spacial score (nSPS) is 22.0. The van der Waals surface area contributed by atoms with Crippen molar-refractivity contribution >= 4 is 11.7 Å². The van der Waals surface area contributed by atoms with Gasteiger partial charge in [0, 0.05) is 18.5 Å². The van der Waals surface area contributed by atoms with E-state index in [9.17, 15) is 13.6 Å². The average Bonchev–Trinajstić information content (AvgIpc) is 3.17. The Bertz CT molecular complexity index is 1260. The number of benzene rings is 1. The molecule has 1 aromatic carbocycles. The van der Waals surface area contributed by atoms with Crippen LogP contribution in [0.3, 0.4) is 0 Å². The topological polar surface area (TPSA) is 97.9 Å². The lowest BCUT2D eigenvalue weighted by atomic mass is 9.68. The number of anilines is 1. The minimum absolute atomic E-state index is 0.150. The van der Waals surface area contributed by atoms with Crippen molar-refractivity contribution in [3.63, 3.8) is 0 Å². The van der Waals surface area contributed by atoms with Crippen LogP contribution in [0.4, 0.5) is 14.6 Å². The molecule has 5 rings (SSSR count). The highest BCUT2D eigenvalue weighted by molar-refractivity contribution is 5.92. The lowest BCUT2D eigenvalue weighted by Gasteiger charge is -2.41. The second-order valence-electron chi connectivity index (χ2n) is 9.67. The fourth-order valence-corrected chi connectivity index (χ4v) is 5.90. The van der Waals surface area contributed by atoms with Gasteiger partial charge in [-0.05, 0) is 54.9 Å². The molecule has 0 unspecified atom stereocenters. The summed E-state index contributed by atoms with van der Waals surface area (Å²) < 4.78 is 28.9. The molecule has 2 aliphatic rings. The van der Waals surface area contributed by atoms with Gasteiger partial charge in [0.05, 0.1) is 29.3 Å². The largest absolute Gasteiger partial charge is 0.382 e. The van der Waals surface area contributed by atoms with Gasteiger partial charge in [-0.25, -0.2) is 18.7 Å². The summed E-state index contributed by atoms with van der Waals surface area (Å²) in [6.45, 7) is 7.19. The van der Waals surface area contributed by atoms with E-state index in [2.05, 4.69) is 34.0 Å². The Hall–Kier alpha value is -3.49. The number of aromatic nitrogens is 4. The monoisotopic (exact) mass is 464 g/mol. The van der Waals surface area contributed by atoms with Crippen LogP contribution in [0, 0.1) is 17.0 Å². The van der Waals surface area contributed by atoms with Gasteiger partial charge in [-0.1, -0.05) is 19.9 Å². The van der Waals surface area contributed by atoms with Crippen LogP contribution >= 0.6 is 0 Å². The zero-order valence-corrected chi connectivity index (χ0v) is 19.3. The van der Waals surface area contributed by atoms with Crippen LogP contribution in [0.25, 0.3) is 11.3 Å². The minimum Gasteiger partial charge on any atom is -0.382 e. The number of nitrogen functional groups attached to an aromatic ring is 1. The summed E-state index contributed by atoms with van der Waals surface area (Å²) in [5.41, 5.74) is 6.98. The molecule has 0 aliphatic heterocycles. The summed E-state index contributed by atoms with van der Waals surface area (Å²) in [7, 11) is 0. The maximum absolute atomic E-state index is 14.4. The van der Waals surface area contributed by atoms with Gasteiger partial charge < -0.3 is 10.6 Å². The number of nitrogens with two attached hydrogens (primary N) is 1. The third kappa shape index (κ3) is 3.09. The number of carbonyl (C=O) groups is 1. The minimum atomic E-state index is -0.668. The zero-order valence-electron chi connectivity index (χ0n) is 19.3. The first-order valence-electron chi connectivity index (χ1n) is 11.4. The zero-order chi connectivity index (χ0) is 24.3. The molecule has 2 N–H and O–H groups in total.